The van der Waals surface area contributed by atoms with Crippen molar-refractivity contribution in [1.82, 2.24) is 9.97 Å². The Hall–Kier alpha value is -1.84. The van der Waals surface area contributed by atoms with Crippen LogP contribution in [-0.2, 0) is 0 Å². The van der Waals surface area contributed by atoms with Crippen LogP contribution in [-0.4, -0.2) is 16.0 Å². The second-order valence-corrected chi connectivity index (χ2v) is 6.02. The van der Waals surface area contributed by atoms with Crippen molar-refractivity contribution in [2.45, 2.75) is 39.2 Å². The van der Waals surface area contributed by atoms with Crippen molar-refractivity contribution in [3.63, 3.8) is 0 Å². The zero-order valence-electron chi connectivity index (χ0n) is 11.5. The Morgan fingerprint density at radius 2 is 1.89 bits per heavy atom. The minimum Gasteiger partial charge on any atom is -0.381 e. The first kappa shape index (κ1) is 12.2. The molecular weight excluding hydrogens is 236 g/mol. The lowest BCUT2D eigenvalue weighted by Crippen LogP contribution is -2.31. The van der Waals surface area contributed by atoms with Crippen LogP contribution in [0.3, 0.4) is 0 Å². The average Bonchev–Trinajstić information content (AvgIpc) is 2.70. The van der Waals surface area contributed by atoms with Crippen LogP contribution in [0.25, 0.3) is 11.0 Å². The third-order valence-corrected chi connectivity index (χ3v) is 4.17. The first-order valence-electron chi connectivity index (χ1n) is 6.85. The molecule has 0 bridgehead atoms. The van der Waals surface area contributed by atoms with E-state index < -0.39 is 0 Å². The number of nitrogen functional groups attached to an aromatic ring is 1. The summed E-state index contributed by atoms with van der Waals surface area (Å²) < 4.78 is 0. The van der Waals surface area contributed by atoms with Gasteiger partial charge < -0.3 is 11.1 Å². The van der Waals surface area contributed by atoms with E-state index in [0.717, 1.165) is 16.9 Å². The number of aromatic nitrogens is 2. The Morgan fingerprint density at radius 1 is 1.21 bits per heavy atom. The molecule has 1 aromatic heterocycles. The van der Waals surface area contributed by atoms with E-state index in [1.165, 1.54) is 19.3 Å². The van der Waals surface area contributed by atoms with E-state index in [1.807, 2.05) is 24.3 Å². The van der Waals surface area contributed by atoms with Crippen LogP contribution >= 0.6 is 0 Å². The molecule has 1 aromatic carbocycles. The molecule has 3 rings (SSSR count). The second kappa shape index (κ2) is 4.37. The summed E-state index contributed by atoms with van der Waals surface area (Å²) in [6, 6.07) is 8.24. The summed E-state index contributed by atoms with van der Waals surface area (Å²) >= 11 is 0. The van der Waals surface area contributed by atoms with E-state index in [0.29, 0.717) is 17.3 Å². The molecule has 0 spiro atoms. The first-order valence-corrected chi connectivity index (χ1v) is 6.85. The molecule has 19 heavy (non-hydrogen) atoms. The van der Waals surface area contributed by atoms with Gasteiger partial charge in [0.2, 0.25) is 0 Å². The molecule has 1 atom stereocenters. The summed E-state index contributed by atoms with van der Waals surface area (Å²) in [5, 5.41) is 3.49. The molecule has 0 aliphatic heterocycles. The first-order chi connectivity index (χ1) is 9.06. The number of nitrogens with one attached hydrogen (secondary N) is 1. The summed E-state index contributed by atoms with van der Waals surface area (Å²) in [7, 11) is 0. The largest absolute Gasteiger partial charge is 0.381 e. The molecule has 4 nitrogen and oxygen atoms in total. The molecule has 1 heterocycles. The van der Waals surface area contributed by atoms with Crippen molar-refractivity contribution in [2.75, 3.05) is 11.1 Å². The predicted octanol–water partition coefficient (Wildman–Crippen LogP) is 3.20. The highest BCUT2D eigenvalue weighted by atomic mass is 15.1. The monoisotopic (exact) mass is 256 g/mol. The highest BCUT2D eigenvalue weighted by molar-refractivity contribution is 5.79. The molecule has 1 saturated carbocycles. The summed E-state index contributed by atoms with van der Waals surface area (Å²) in [6.07, 6.45) is 3.66. The maximum atomic E-state index is 6.02. The lowest BCUT2D eigenvalue weighted by Gasteiger charge is -2.28. The van der Waals surface area contributed by atoms with Gasteiger partial charge in [0.1, 0.15) is 0 Å². The van der Waals surface area contributed by atoms with E-state index in [4.69, 9.17) is 5.73 Å². The van der Waals surface area contributed by atoms with Gasteiger partial charge in [0.15, 0.2) is 11.6 Å². The van der Waals surface area contributed by atoms with Crippen molar-refractivity contribution in [1.29, 1.82) is 0 Å². The number of rotatable bonds is 2. The molecule has 1 aliphatic carbocycles. The molecule has 0 saturated heterocycles. The minimum atomic E-state index is 0.291. The van der Waals surface area contributed by atoms with Crippen LogP contribution in [0, 0.1) is 5.41 Å². The molecule has 4 heteroatoms. The second-order valence-electron chi connectivity index (χ2n) is 6.02. The van der Waals surface area contributed by atoms with Crippen LogP contribution in [0.2, 0.25) is 0 Å². The Bertz CT molecular complexity index is 606. The number of hydrogen-bond acceptors (Lipinski definition) is 4. The van der Waals surface area contributed by atoms with Gasteiger partial charge in [0.05, 0.1) is 11.0 Å². The lowest BCUT2D eigenvalue weighted by molar-refractivity contribution is 0.349. The Kier molecular flexibility index (Phi) is 2.81. The van der Waals surface area contributed by atoms with Crippen molar-refractivity contribution in [3.05, 3.63) is 24.3 Å². The minimum absolute atomic E-state index is 0.291. The van der Waals surface area contributed by atoms with Gasteiger partial charge in [0, 0.05) is 6.04 Å². The summed E-state index contributed by atoms with van der Waals surface area (Å²) in [5.74, 6) is 1.21. The number of para-hydroxylation sites is 2. The number of fused-ring (bicyclic) bond motifs is 1. The maximum absolute atomic E-state index is 6.02. The van der Waals surface area contributed by atoms with Gasteiger partial charge in [0.25, 0.3) is 0 Å². The van der Waals surface area contributed by atoms with E-state index in [1.54, 1.807) is 0 Å². The number of nitrogens with zero attached hydrogens (tertiary/aromatic N) is 2. The summed E-state index contributed by atoms with van der Waals surface area (Å²) in [4.78, 5) is 9.02. The average molecular weight is 256 g/mol. The molecule has 1 fully saturated rings. The topological polar surface area (TPSA) is 63.8 Å². The van der Waals surface area contributed by atoms with Crippen LogP contribution in [0.4, 0.5) is 11.6 Å². The van der Waals surface area contributed by atoms with Gasteiger partial charge >= 0.3 is 0 Å². The van der Waals surface area contributed by atoms with E-state index >= 15 is 0 Å². The Balaban J connectivity index is 1.94. The van der Waals surface area contributed by atoms with Crippen LogP contribution in [0.15, 0.2) is 24.3 Å². The number of benzene rings is 1. The predicted molar refractivity (Wildman–Crippen MR) is 79.0 cm³/mol. The zero-order valence-corrected chi connectivity index (χ0v) is 11.5. The van der Waals surface area contributed by atoms with Crippen LogP contribution < -0.4 is 11.1 Å². The highest BCUT2D eigenvalue weighted by Crippen LogP contribution is 2.39. The van der Waals surface area contributed by atoms with Gasteiger partial charge in [-0.2, -0.15) is 0 Å². The lowest BCUT2D eigenvalue weighted by atomic mass is 9.87. The molecule has 0 radical (unpaired) electrons. The molecule has 1 aliphatic rings. The molecule has 2 aromatic rings. The maximum Gasteiger partial charge on any atom is 0.169 e. The summed E-state index contributed by atoms with van der Waals surface area (Å²) in [6.45, 7) is 4.59. The number of hydrogen-bond donors (Lipinski definition) is 2. The van der Waals surface area contributed by atoms with Crippen LogP contribution in [0.5, 0.6) is 0 Å². The van der Waals surface area contributed by atoms with Gasteiger partial charge in [-0.15, -0.1) is 0 Å². The quantitative estimate of drug-likeness (QED) is 0.866. The van der Waals surface area contributed by atoms with E-state index in [-0.39, 0.29) is 0 Å². The normalized spacial score (nSPS) is 21.7. The SMILES string of the molecule is CC1(C)CCCC1Nc1nc2ccccc2nc1N. The standard InChI is InChI=1S/C15H20N4/c1-15(2)9-5-8-12(15)19-14-13(16)17-10-6-3-4-7-11(10)18-14/h3-4,6-7,12H,5,8-9H2,1-2H3,(H2,16,17)(H,18,19). The highest BCUT2D eigenvalue weighted by Gasteiger charge is 2.34. The van der Waals surface area contributed by atoms with Crippen molar-refractivity contribution < 1.29 is 0 Å². The Labute approximate surface area is 113 Å². The van der Waals surface area contributed by atoms with Crippen molar-refractivity contribution >= 4 is 22.7 Å². The fraction of sp³-hybridized carbons (Fsp3) is 0.467. The van der Waals surface area contributed by atoms with Gasteiger partial charge in [-0.1, -0.05) is 32.4 Å². The summed E-state index contributed by atoms with van der Waals surface area (Å²) in [5.41, 5.74) is 8.04. The fourth-order valence-electron chi connectivity index (χ4n) is 2.88. The zero-order chi connectivity index (χ0) is 13.5. The number of nitrogens with two attached hydrogens (primary N) is 1. The molecular formula is C15H20N4. The third kappa shape index (κ3) is 2.23. The molecule has 100 valence electrons. The van der Waals surface area contributed by atoms with Gasteiger partial charge in [-0.3, -0.25) is 0 Å². The van der Waals surface area contributed by atoms with Crippen molar-refractivity contribution in [3.8, 4) is 0 Å². The third-order valence-electron chi connectivity index (χ3n) is 4.17. The van der Waals surface area contributed by atoms with E-state index in [9.17, 15) is 0 Å². The molecule has 0 amide bonds. The molecule has 1 unspecified atom stereocenters. The van der Waals surface area contributed by atoms with Crippen LogP contribution in [0.1, 0.15) is 33.1 Å². The Morgan fingerprint density at radius 3 is 2.53 bits per heavy atom. The van der Waals surface area contributed by atoms with Gasteiger partial charge in [-0.25, -0.2) is 9.97 Å². The fourth-order valence-corrected chi connectivity index (χ4v) is 2.88. The smallest absolute Gasteiger partial charge is 0.169 e. The molecule has 3 N–H and O–H groups in total. The van der Waals surface area contributed by atoms with Crippen molar-refractivity contribution in [2.24, 2.45) is 5.41 Å². The van der Waals surface area contributed by atoms with Gasteiger partial charge in [-0.05, 0) is 30.4 Å². The number of anilines is 2. The van der Waals surface area contributed by atoms with E-state index in [2.05, 4.69) is 29.1 Å².